The van der Waals surface area contributed by atoms with E-state index in [0.717, 1.165) is 20.3 Å². The fourth-order valence-corrected chi connectivity index (χ4v) is 2.74. The van der Waals surface area contributed by atoms with Gasteiger partial charge >= 0.3 is 11.9 Å². The van der Waals surface area contributed by atoms with E-state index < -0.39 is 21.8 Å². The molecule has 7 nitrogen and oxygen atoms in total. The molecule has 1 aromatic rings. The highest BCUT2D eigenvalue weighted by Gasteiger charge is 2.29. The van der Waals surface area contributed by atoms with Crippen LogP contribution in [0.5, 0.6) is 5.88 Å². The lowest BCUT2D eigenvalue weighted by atomic mass is 10.3. The molecule has 0 bridgehead atoms. The molecule has 17 heavy (non-hydrogen) atoms. The molecule has 0 radical (unpaired) electrons. The molecule has 0 spiro atoms. The summed E-state index contributed by atoms with van der Waals surface area (Å²) in [5, 5.41) is 0. The topological polar surface area (TPSA) is 99.6 Å². The third kappa shape index (κ3) is 3.01. The molecule has 0 aliphatic heterocycles. The van der Waals surface area contributed by atoms with Gasteiger partial charge in [0.1, 0.15) is 0 Å². The highest BCUT2D eigenvalue weighted by atomic mass is 32.2. The Kier molecular flexibility index (Phi) is 3.83. The summed E-state index contributed by atoms with van der Waals surface area (Å²) in [6.45, 7) is 1.11. The quantitative estimate of drug-likeness (QED) is 0.731. The summed E-state index contributed by atoms with van der Waals surface area (Å²) in [7, 11) is -2.55. The molecule has 9 heteroatoms. The Morgan fingerprint density at radius 2 is 1.94 bits per heavy atom. The van der Waals surface area contributed by atoms with Crippen LogP contribution in [-0.4, -0.2) is 38.1 Å². The van der Waals surface area contributed by atoms with Crippen LogP contribution < -0.4 is 4.74 Å². The Morgan fingerprint density at radius 3 is 2.35 bits per heavy atom. The van der Waals surface area contributed by atoms with Crippen LogP contribution in [-0.2, 0) is 19.4 Å². The minimum absolute atomic E-state index is 0.291. The molecule has 0 saturated carbocycles. The van der Waals surface area contributed by atoms with Gasteiger partial charge in [0.25, 0.3) is 0 Å². The van der Waals surface area contributed by atoms with E-state index in [2.05, 4.69) is 13.8 Å². The number of carbonyl (C=O) groups is 2. The summed E-state index contributed by atoms with van der Waals surface area (Å²) in [6, 6.07) is 0. The standard InChI is InChI=1S/C8H9NO6S2/c1-4(10)15-6-5(7(11)14-2)8(16-9-6)17(3,12)13/h1-3H3. The lowest BCUT2D eigenvalue weighted by molar-refractivity contribution is -0.132. The summed E-state index contributed by atoms with van der Waals surface area (Å²) < 4.78 is 35.2. The van der Waals surface area contributed by atoms with Crippen molar-refractivity contribution in [3.05, 3.63) is 5.56 Å². The summed E-state index contributed by atoms with van der Waals surface area (Å²) in [4.78, 5) is 22.2. The van der Waals surface area contributed by atoms with E-state index in [4.69, 9.17) is 0 Å². The predicted molar refractivity (Wildman–Crippen MR) is 57.9 cm³/mol. The molecule has 0 aliphatic carbocycles. The van der Waals surface area contributed by atoms with Crippen molar-refractivity contribution >= 4 is 33.3 Å². The van der Waals surface area contributed by atoms with Crippen molar-refractivity contribution in [3.63, 3.8) is 0 Å². The molecule has 0 fully saturated rings. The Morgan fingerprint density at radius 1 is 1.35 bits per heavy atom. The highest BCUT2D eigenvalue weighted by molar-refractivity contribution is 7.92. The summed E-state index contributed by atoms with van der Waals surface area (Å²) in [6.07, 6.45) is 0.921. The van der Waals surface area contributed by atoms with Gasteiger partial charge in [-0.1, -0.05) is 0 Å². The van der Waals surface area contributed by atoms with Crippen molar-refractivity contribution in [1.82, 2.24) is 4.37 Å². The van der Waals surface area contributed by atoms with Crippen molar-refractivity contribution < 1.29 is 27.5 Å². The minimum atomic E-state index is -3.64. The number of ether oxygens (including phenoxy) is 2. The first-order valence-corrected chi connectivity index (χ1v) is 6.90. The fourth-order valence-electron chi connectivity index (χ4n) is 0.993. The van der Waals surface area contributed by atoms with Crippen LogP contribution >= 0.6 is 11.5 Å². The number of esters is 2. The zero-order valence-electron chi connectivity index (χ0n) is 9.21. The zero-order valence-corrected chi connectivity index (χ0v) is 10.8. The van der Waals surface area contributed by atoms with E-state index in [1.807, 2.05) is 0 Å². The first kappa shape index (κ1) is 13.6. The summed E-state index contributed by atoms with van der Waals surface area (Å²) in [5.74, 6) is -1.98. The van der Waals surface area contributed by atoms with Gasteiger partial charge in [-0.2, -0.15) is 4.37 Å². The van der Waals surface area contributed by atoms with Crippen LogP contribution in [0.3, 0.4) is 0 Å². The Labute approximate surface area is 101 Å². The smallest absolute Gasteiger partial charge is 0.345 e. The normalized spacial score (nSPS) is 11.0. The zero-order chi connectivity index (χ0) is 13.2. The third-order valence-electron chi connectivity index (χ3n) is 1.60. The average Bonchev–Trinajstić information content (AvgIpc) is 2.58. The molecule has 94 valence electrons. The van der Waals surface area contributed by atoms with Gasteiger partial charge in [-0.3, -0.25) is 4.79 Å². The van der Waals surface area contributed by atoms with Crippen LogP contribution in [0, 0.1) is 0 Å². The van der Waals surface area contributed by atoms with Gasteiger partial charge in [0.05, 0.1) is 7.11 Å². The monoisotopic (exact) mass is 279 g/mol. The lowest BCUT2D eigenvalue weighted by Crippen LogP contribution is -2.11. The second kappa shape index (κ2) is 4.80. The third-order valence-corrected chi connectivity index (χ3v) is 4.23. The van der Waals surface area contributed by atoms with E-state index in [0.29, 0.717) is 11.5 Å². The fraction of sp³-hybridized carbons (Fsp3) is 0.375. The average molecular weight is 279 g/mol. The summed E-state index contributed by atoms with van der Waals surface area (Å²) in [5.41, 5.74) is -0.352. The number of nitrogens with zero attached hydrogens (tertiary/aromatic N) is 1. The number of sulfone groups is 1. The second-order valence-corrected chi connectivity index (χ2v) is 5.99. The van der Waals surface area contributed by atoms with Gasteiger partial charge in [0.15, 0.2) is 19.6 Å². The van der Waals surface area contributed by atoms with Gasteiger partial charge in [-0.05, 0) is 11.5 Å². The van der Waals surface area contributed by atoms with Crippen molar-refractivity contribution in [2.75, 3.05) is 13.4 Å². The molecule has 0 aromatic carbocycles. The van der Waals surface area contributed by atoms with Crippen LogP contribution in [0.15, 0.2) is 4.21 Å². The molecule has 0 unspecified atom stereocenters. The molecule has 1 rings (SSSR count). The lowest BCUT2D eigenvalue weighted by Gasteiger charge is -2.02. The number of hydrogen-bond donors (Lipinski definition) is 0. The van der Waals surface area contributed by atoms with E-state index >= 15 is 0 Å². The van der Waals surface area contributed by atoms with E-state index in [1.165, 1.54) is 0 Å². The van der Waals surface area contributed by atoms with E-state index in [9.17, 15) is 18.0 Å². The van der Waals surface area contributed by atoms with Crippen LogP contribution in [0.1, 0.15) is 17.3 Å². The SMILES string of the molecule is COC(=O)c1c(OC(C)=O)nsc1S(C)(=O)=O. The maximum atomic E-state index is 11.4. The van der Waals surface area contributed by atoms with Gasteiger partial charge in [0.2, 0.25) is 5.88 Å². The molecule has 0 atom stereocenters. The maximum Gasteiger partial charge on any atom is 0.345 e. The van der Waals surface area contributed by atoms with Gasteiger partial charge in [0, 0.05) is 13.2 Å². The largest absolute Gasteiger partial charge is 0.465 e. The second-order valence-electron chi connectivity index (χ2n) is 3.01. The molecule has 0 aliphatic rings. The van der Waals surface area contributed by atoms with Gasteiger partial charge < -0.3 is 9.47 Å². The van der Waals surface area contributed by atoms with E-state index in [1.54, 1.807) is 0 Å². The molecular formula is C8H9NO6S2. The number of rotatable bonds is 3. The van der Waals surface area contributed by atoms with Crippen molar-refractivity contribution in [2.45, 2.75) is 11.1 Å². The van der Waals surface area contributed by atoms with Crippen LogP contribution in [0.2, 0.25) is 0 Å². The number of hydrogen-bond acceptors (Lipinski definition) is 8. The van der Waals surface area contributed by atoms with Crippen LogP contribution in [0.4, 0.5) is 0 Å². The maximum absolute atomic E-state index is 11.4. The summed E-state index contributed by atoms with van der Waals surface area (Å²) >= 11 is 0.553. The van der Waals surface area contributed by atoms with Crippen molar-refractivity contribution in [2.24, 2.45) is 0 Å². The first-order chi connectivity index (χ1) is 7.77. The van der Waals surface area contributed by atoms with Crippen LogP contribution in [0.25, 0.3) is 0 Å². The number of methoxy groups -OCH3 is 1. The Bertz CT molecular complexity index is 559. The number of aromatic nitrogens is 1. The van der Waals surface area contributed by atoms with Crippen molar-refractivity contribution in [1.29, 1.82) is 0 Å². The first-order valence-electron chi connectivity index (χ1n) is 4.23. The molecule has 1 aromatic heterocycles. The van der Waals surface area contributed by atoms with Gasteiger partial charge in [-0.15, -0.1) is 0 Å². The molecule has 1 heterocycles. The Balaban J connectivity index is 3.40. The number of carbonyl (C=O) groups excluding carboxylic acids is 2. The van der Waals surface area contributed by atoms with E-state index in [-0.39, 0.29) is 15.7 Å². The molecule has 0 saturated heterocycles. The van der Waals surface area contributed by atoms with Crippen molar-refractivity contribution in [3.8, 4) is 5.88 Å². The van der Waals surface area contributed by atoms with Gasteiger partial charge in [-0.25, -0.2) is 13.2 Å². The Hall–Kier alpha value is -1.48. The highest BCUT2D eigenvalue weighted by Crippen LogP contribution is 2.30. The molecule has 0 amide bonds. The molecule has 0 N–H and O–H groups in total. The molecular weight excluding hydrogens is 270 g/mol. The predicted octanol–water partition coefficient (Wildman–Crippen LogP) is 0.259. The minimum Gasteiger partial charge on any atom is -0.465 e.